The van der Waals surface area contributed by atoms with E-state index in [0.29, 0.717) is 0 Å². The number of nitrogens with one attached hydrogen (secondary N) is 1. The molecule has 0 heterocycles. The lowest BCUT2D eigenvalue weighted by Crippen LogP contribution is -2.28. The average Bonchev–Trinajstić information content (AvgIpc) is 3.13. The molecular formula is C28H22BrNO2S. The molecule has 0 radical (unpaired) electrons. The van der Waals surface area contributed by atoms with E-state index in [2.05, 4.69) is 38.9 Å². The number of sulfonamides is 1. The first-order valence-electron chi connectivity index (χ1n) is 10.7. The maximum Gasteiger partial charge on any atom is 0.241 e. The highest BCUT2D eigenvalue weighted by atomic mass is 79.9. The zero-order chi connectivity index (χ0) is 23.0. The van der Waals surface area contributed by atoms with Gasteiger partial charge in [0.15, 0.2) is 0 Å². The van der Waals surface area contributed by atoms with Crippen molar-refractivity contribution >= 4 is 37.1 Å². The lowest BCUT2D eigenvalue weighted by atomic mass is 9.93. The molecule has 4 aromatic carbocycles. The third kappa shape index (κ3) is 4.20. The van der Waals surface area contributed by atoms with Gasteiger partial charge in [-0.1, -0.05) is 100 Å². The van der Waals surface area contributed by atoms with Gasteiger partial charge in [-0.15, -0.1) is 0 Å². The Bertz CT molecular complexity index is 1450. The zero-order valence-corrected chi connectivity index (χ0v) is 20.4. The van der Waals surface area contributed by atoms with Crippen LogP contribution in [-0.4, -0.2) is 8.42 Å². The molecule has 1 unspecified atom stereocenters. The second-order valence-corrected chi connectivity index (χ2v) is 10.7. The van der Waals surface area contributed by atoms with Crippen LogP contribution in [0.5, 0.6) is 0 Å². The minimum Gasteiger partial charge on any atom is -0.207 e. The van der Waals surface area contributed by atoms with E-state index in [4.69, 9.17) is 0 Å². The van der Waals surface area contributed by atoms with Gasteiger partial charge < -0.3 is 0 Å². The Morgan fingerprint density at radius 3 is 2.00 bits per heavy atom. The molecule has 1 aliphatic carbocycles. The molecule has 0 saturated carbocycles. The van der Waals surface area contributed by atoms with Gasteiger partial charge in [0.25, 0.3) is 0 Å². The fourth-order valence-corrected chi connectivity index (χ4v) is 5.90. The molecule has 0 saturated heterocycles. The van der Waals surface area contributed by atoms with Crippen LogP contribution in [0, 0.1) is 6.92 Å². The van der Waals surface area contributed by atoms with Crippen molar-refractivity contribution in [2.45, 2.75) is 17.9 Å². The SMILES string of the molecule is Cc1ccc(S(=O)(=O)NC2C(c3ccccc3)=C(c3ccccc3)c3cc(Br)ccc32)cc1. The lowest BCUT2D eigenvalue weighted by Gasteiger charge is -2.20. The third-order valence-electron chi connectivity index (χ3n) is 5.91. The predicted molar refractivity (Wildman–Crippen MR) is 137 cm³/mol. The molecule has 1 atom stereocenters. The summed E-state index contributed by atoms with van der Waals surface area (Å²) in [7, 11) is -3.76. The molecule has 0 aliphatic heterocycles. The first kappa shape index (κ1) is 21.8. The number of aryl methyl sites for hydroxylation is 1. The summed E-state index contributed by atoms with van der Waals surface area (Å²) in [5, 5.41) is 0. The first-order chi connectivity index (χ1) is 15.9. The number of benzene rings is 4. The molecule has 3 nitrogen and oxygen atoms in total. The van der Waals surface area contributed by atoms with Gasteiger partial charge in [-0.2, -0.15) is 4.72 Å². The van der Waals surface area contributed by atoms with Gasteiger partial charge in [-0.3, -0.25) is 0 Å². The van der Waals surface area contributed by atoms with Gasteiger partial charge in [0.05, 0.1) is 10.9 Å². The average molecular weight is 516 g/mol. The van der Waals surface area contributed by atoms with Crippen molar-refractivity contribution in [1.82, 2.24) is 4.72 Å². The molecule has 4 aromatic rings. The summed E-state index contributed by atoms with van der Waals surface area (Å²) in [5.41, 5.74) is 6.99. The number of fused-ring (bicyclic) bond motifs is 1. The molecule has 0 spiro atoms. The Labute approximate surface area is 203 Å². The standard InChI is InChI=1S/C28H22BrNO2S/c1-19-12-15-23(16-13-19)33(31,32)30-28-24-17-14-22(29)18-25(24)26(20-8-4-2-5-9-20)27(28)21-10-6-3-7-11-21/h2-18,28,30H,1H3. The molecule has 1 aliphatic rings. The van der Waals surface area contributed by atoms with E-state index in [1.54, 1.807) is 12.1 Å². The fraction of sp³-hybridized carbons (Fsp3) is 0.0714. The van der Waals surface area contributed by atoms with Gasteiger partial charge in [-0.25, -0.2) is 8.42 Å². The highest BCUT2D eigenvalue weighted by Crippen LogP contribution is 2.49. The van der Waals surface area contributed by atoms with Crippen molar-refractivity contribution in [2.75, 3.05) is 0 Å². The molecular weight excluding hydrogens is 494 g/mol. The van der Waals surface area contributed by atoms with Crippen LogP contribution in [0.15, 0.2) is 112 Å². The predicted octanol–water partition coefficient (Wildman–Crippen LogP) is 6.75. The Balaban J connectivity index is 1.74. The second kappa shape index (κ2) is 8.75. The van der Waals surface area contributed by atoms with Crippen molar-refractivity contribution in [2.24, 2.45) is 0 Å². The molecule has 1 N–H and O–H groups in total. The molecule has 0 amide bonds. The van der Waals surface area contributed by atoms with Crippen molar-refractivity contribution in [3.63, 3.8) is 0 Å². The summed E-state index contributed by atoms with van der Waals surface area (Å²) < 4.78 is 30.9. The van der Waals surface area contributed by atoms with Gasteiger partial charge in [0.1, 0.15) is 0 Å². The normalized spacial score (nSPS) is 15.5. The van der Waals surface area contributed by atoms with Gasteiger partial charge in [0.2, 0.25) is 10.0 Å². The summed E-state index contributed by atoms with van der Waals surface area (Å²) in [6.07, 6.45) is 0. The van der Waals surface area contributed by atoms with E-state index in [1.807, 2.05) is 79.7 Å². The number of rotatable bonds is 5. The fourth-order valence-electron chi connectivity index (χ4n) is 4.35. The highest BCUT2D eigenvalue weighted by molar-refractivity contribution is 9.10. The number of hydrogen-bond donors (Lipinski definition) is 1. The Morgan fingerprint density at radius 2 is 1.36 bits per heavy atom. The Hall–Kier alpha value is -2.99. The van der Waals surface area contributed by atoms with Crippen LogP contribution in [0.1, 0.15) is 33.9 Å². The Morgan fingerprint density at radius 1 is 0.758 bits per heavy atom. The van der Waals surface area contributed by atoms with E-state index in [-0.39, 0.29) is 4.90 Å². The van der Waals surface area contributed by atoms with E-state index >= 15 is 0 Å². The molecule has 33 heavy (non-hydrogen) atoms. The molecule has 0 aromatic heterocycles. The largest absolute Gasteiger partial charge is 0.241 e. The summed E-state index contributed by atoms with van der Waals surface area (Å²) in [6.45, 7) is 1.94. The highest BCUT2D eigenvalue weighted by Gasteiger charge is 2.35. The minimum absolute atomic E-state index is 0.257. The van der Waals surface area contributed by atoms with Crippen molar-refractivity contribution in [3.05, 3.63) is 135 Å². The van der Waals surface area contributed by atoms with Crippen LogP contribution >= 0.6 is 15.9 Å². The van der Waals surface area contributed by atoms with Crippen LogP contribution in [-0.2, 0) is 10.0 Å². The Kier molecular flexibility index (Phi) is 5.79. The van der Waals surface area contributed by atoms with Crippen molar-refractivity contribution in [1.29, 1.82) is 0 Å². The summed E-state index contributed by atoms with van der Waals surface area (Å²) in [5.74, 6) is 0. The number of hydrogen-bond acceptors (Lipinski definition) is 2. The van der Waals surface area contributed by atoms with Crippen LogP contribution in [0.25, 0.3) is 11.1 Å². The second-order valence-electron chi connectivity index (χ2n) is 8.12. The van der Waals surface area contributed by atoms with Crippen molar-refractivity contribution in [3.8, 4) is 0 Å². The minimum atomic E-state index is -3.76. The monoisotopic (exact) mass is 515 g/mol. The lowest BCUT2D eigenvalue weighted by molar-refractivity contribution is 0.576. The van der Waals surface area contributed by atoms with Gasteiger partial charge in [0, 0.05) is 4.47 Å². The molecule has 5 heteroatoms. The smallest absolute Gasteiger partial charge is 0.207 e. The molecule has 0 fully saturated rings. The molecule has 164 valence electrons. The summed E-state index contributed by atoms with van der Waals surface area (Å²) >= 11 is 3.60. The maximum absolute atomic E-state index is 13.5. The molecule has 0 bridgehead atoms. The van der Waals surface area contributed by atoms with E-state index in [1.165, 1.54) is 0 Å². The van der Waals surface area contributed by atoms with Gasteiger partial charge in [-0.05, 0) is 64.6 Å². The quantitative estimate of drug-likeness (QED) is 0.319. The topological polar surface area (TPSA) is 46.2 Å². The van der Waals surface area contributed by atoms with Crippen molar-refractivity contribution < 1.29 is 8.42 Å². The van der Waals surface area contributed by atoms with E-state index in [9.17, 15) is 8.42 Å². The zero-order valence-electron chi connectivity index (χ0n) is 18.0. The number of halogens is 1. The molecule has 5 rings (SSSR count). The van der Waals surface area contributed by atoms with E-state index in [0.717, 1.165) is 43.4 Å². The third-order valence-corrected chi connectivity index (χ3v) is 7.84. The summed E-state index contributed by atoms with van der Waals surface area (Å²) in [6, 6.07) is 32.6. The maximum atomic E-state index is 13.5. The van der Waals surface area contributed by atoms with Crippen LogP contribution in [0.4, 0.5) is 0 Å². The van der Waals surface area contributed by atoms with Gasteiger partial charge >= 0.3 is 0 Å². The van der Waals surface area contributed by atoms with E-state index < -0.39 is 16.1 Å². The summed E-state index contributed by atoms with van der Waals surface area (Å²) in [4.78, 5) is 0.257. The van der Waals surface area contributed by atoms with Crippen LogP contribution in [0.3, 0.4) is 0 Å². The van der Waals surface area contributed by atoms with Crippen LogP contribution in [0.2, 0.25) is 0 Å². The first-order valence-corrected chi connectivity index (χ1v) is 13.0. The van der Waals surface area contributed by atoms with Crippen LogP contribution < -0.4 is 4.72 Å².